The Kier molecular flexibility index (Phi) is 5.33. The van der Waals surface area contributed by atoms with Gasteiger partial charge in [0.05, 0.1) is 5.56 Å². The molecule has 1 unspecified atom stereocenters. The SMILES string of the molecule is O=C(O)C(c1c[nH]c2cc(Cl)ccc12)N1CCN(c2ccc(C(F)(F)F)cn2)CC1. The summed E-state index contributed by atoms with van der Waals surface area (Å²) in [5.41, 5.74) is 0.613. The fraction of sp³-hybridized carbons (Fsp3) is 0.300. The molecule has 30 heavy (non-hydrogen) atoms. The number of hydrogen-bond donors (Lipinski definition) is 2. The fourth-order valence-corrected chi connectivity index (χ4v) is 3.96. The molecule has 4 rings (SSSR count). The molecule has 1 saturated heterocycles. The maximum atomic E-state index is 12.7. The van der Waals surface area contributed by atoms with Gasteiger partial charge in [-0.25, -0.2) is 4.98 Å². The molecule has 2 aromatic heterocycles. The molecule has 1 aromatic carbocycles. The van der Waals surface area contributed by atoms with E-state index in [-0.39, 0.29) is 0 Å². The van der Waals surface area contributed by atoms with Crippen LogP contribution in [0.15, 0.2) is 42.7 Å². The zero-order chi connectivity index (χ0) is 21.5. The maximum Gasteiger partial charge on any atom is 0.417 e. The highest BCUT2D eigenvalue weighted by Crippen LogP contribution is 2.32. The van der Waals surface area contributed by atoms with Gasteiger partial charge in [0, 0.05) is 60.1 Å². The van der Waals surface area contributed by atoms with Gasteiger partial charge in [0.1, 0.15) is 11.9 Å². The molecule has 158 valence electrons. The lowest BCUT2D eigenvalue weighted by Crippen LogP contribution is -2.49. The number of alkyl halides is 3. The van der Waals surface area contributed by atoms with Crippen LogP contribution in [-0.2, 0) is 11.0 Å². The number of carbonyl (C=O) groups is 1. The Hall–Kier alpha value is -2.78. The van der Waals surface area contributed by atoms with E-state index in [1.165, 1.54) is 6.07 Å². The Bertz CT molecular complexity index is 1060. The van der Waals surface area contributed by atoms with Crippen LogP contribution >= 0.6 is 11.6 Å². The van der Waals surface area contributed by atoms with Gasteiger partial charge in [0.2, 0.25) is 0 Å². The number of pyridine rings is 1. The minimum atomic E-state index is -4.43. The van der Waals surface area contributed by atoms with Crippen LogP contribution in [0.25, 0.3) is 10.9 Å². The van der Waals surface area contributed by atoms with Crippen molar-refractivity contribution in [2.45, 2.75) is 12.2 Å². The van der Waals surface area contributed by atoms with Crippen LogP contribution in [0.3, 0.4) is 0 Å². The Labute approximate surface area is 174 Å². The number of aliphatic carboxylic acids is 1. The van der Waals surface area contributed by atoms with Crippen molar-refractivity contribution in [1.82, 2.24) is 14.9 Å². The average Bonchev–Trinajstić information content (AvgIpc) is 3.10. The first-order valence-corrected chi connectivity index (χ1v) is 9.63. The first-order valence-electron chi connectivity index (χ1n) is 9.25. The van der Waals surface area contributed by atoms with Gasteiger partial charge in [-0.15, -0.1) is 0 Å². The van der Waals surface area contributed by atoms with Crippen LogP contribution < -0.4 is 4.90 Å². The van der Waals surface area contributed by atoms with Crippen molar-refractivity contribution in [3.8, 4) is 0 Å². The van der Waals surface area contributed by atoms with E-state index in [1.54, 1.807) is 24.4 Å². The topological polar surface area (TPSA) is 72.5 Å². The fourth-order valence-electron chi connectivity index (χ4n) is 3.78. The number of fused-ring (bicyclic) bond motifs is 1. The van der Waals surface area contributed by atoms with E-state index in [0.29, 0.717) is 42.6 Å². The Balaban J connectivity index is 1.50. The van der Waals surface area contributed by atoms with Crippen molar-refractivity contribution < 1.29 is 23.1 Å². The molecule has 1 aliphatic rings. The smallest absolute Gasteiger partial charge is 0.417 e. The first-order chi connectivity index (χ1) is 14.2. The van der Waals surface area contributed by atoms with E-state index in [0.717, 1.165) is 23.2 Å². The average molecular weight is 439 g/mol. The quantitative estimate of drug-likeness (QED) is 0.639. The molecule has 0 bridgehead atoms. The summed E-state index contributed by atoms with van der Waals surface area (Å²) in [4.78, 5) is 22.8. The van der Waals surface area contributed by atoms with Gasteiger partial charge >= 0.3 is 12.1 Å². The van der Waals surface area contributed by atoms with Crippen molar-refractivity contribution in [1.29, 1.82) is 0 Å². The highest BCUT2D eigenvalue weighted by Gasteiger charge is 2.33. The van der Waals surface area contributed by atoms with Crippen molar-refractivity contribution in [3.05, 3.63) is 58.9 Å². The molecule has 0 spiro atoms. The third kappa shape index (κ3) is 3.95. The molecule has 3 aromatic rings. The number of H-pyrrole nitrogens is 1. The van der Waals surface area contributed by atoms with Gasteiger partial charge in [-0.05, 0) is 24.3 Å². The van der Waals surface area contributed by atoms with E-state index >= 15 is 0 Å². The molecule has 0 radical (unpaired) electrons. The minimum absolute atomic E-state index is 0.430. The van der Waals surface area contributed by atoms with Gasteiger partial charge in [0.25, 0.3) is 0 Å². The number of hydrogen-bond acceptors (Lipinski definition) is 4. The number of carboxylic acid groups (broad SMARTS) is 1. The van der Waals surface area contributed by atoms with Crippen molar-refractivity contribution in [2.24, 2.45) is 0 Å². The molecular weight excluding hydrogens is 421 g/mol. The monoisotopic (exact) mass is 438 g/mol. The number of nitrogens with one attached hydrogen (secondary N) is 1. The van der Waals surface area contributed by atoms with Gasteiger partial charge in [-0.3, -0.25) is 9.69 Å². The summed E-state index contributed by atoms with van der Waals surface area (Å²) in [6.45, 7) is 1.77. The van der Waals surface area contributed by atoms with Gasteiger partial charge in [-0.1, -0.05) is 17.7 Å². The highest BCUT2D eigenvalue weighted by molar-refractivity contribution is 6.31. The lowest BCUT2D eigenvalue weighted by atomic mass is 10.0. The van der Waals surface area contributed by atoms with Gasteiger partial charge in [0.15, 0.2) is 0 Å². The zero-order valence-corrected chi connectivity index (χ0v) is 16.4. The molecule has 10 heteroatoms. The Morgan fingerprint density at radius 2 is 1.90 bits per heavy atom. The predicted molar refractivity (Wildman–Crippen MR) is 107 cm³/mol. The van der Waals surface area contributed by atoms with E-state index in [4.69, 9.17) is 11.6 Å². The molecular formula is C20H18ClF3N4O2. The number of aromatic amines is 1. The van der Waals surface area contributed by atoms with Crippen molar-refractivity contribution in [3.63, 3.8) is 0 Å². The number of halogens is 4. The second-order valence-corrected chi connectivity index (χ2v) is 7.54. The van der Waals surface area contributed by atoms with Crippen LogP contribution in [0.5, 0.6) is 0 Å². The second kappa shape index (κ2) is 7.81. The molecule has 2 N–H and O–H groups in total. The number of piperazine rings is 1. The molecule has 0 saturated carbocycles. The summed E-state index contributed by atoms with van der Waals surface area (Å²) in [6, 6.07) is 6.76. The van der Waals surface area contributed by atoms with Crippen LogP contribution in [0.4, 0.5) is 19.0 Å². The zero-order valence-electron chi connectivity index (χ0n) is 15.7. The molecule has 1 atom stereocenters. The summed E-state index contributed by atoms with van der Waals surface area (Å²) in [5.74, 6) is -0.525. The van der Waals surface area contributed by atoms with Crippen LogP contribution in [-0.4, -0.2) is 52.1 Å². The van der Waals surface area contributed by atoms with Crippen molar-refractivity contribution >= 4 is 34.3 Å². The molecule has 6 nitrogen and oxygen atoms in total. The third-order valence-electron chi connectivity index (χ3n) is 5.28. The predicted octanol–water partition coefficient (Wildman–Crippen LogP) is 4.18. The van der Waals surface area contributed by atoms with Crippen LogP contribution in [0.1, 0.15) is 17.2 Å². The van der Waals surface area contributed by atoms with Gasteiger partial charge in [-0.2, -0.15) is 13.2 Å². The van der Waals surface area contributed by atoms with E-state index < -0.39 is 23.8 Å². The molecule has 0 amide bonds. The number of nitrogens with zero attached hydrogens (tertiary/aromatic N) is 3. The number of rotatable bonds is 4. The largest absolute Gasteiger partial charge is 0.480 e. The molecule has 1 fully saturated rings. The molecule has 3 heterocycles. The van der Waals surface area contributed by atoms with E-state index in [9.17, 15) is 23.1 Å². The Morgan fingerprint density at radius 3 is 2.50 bits per heavy atom. The first kappa shape index (κ1) is 20.5. The van der Waals surface area contributed by atoms with Gasteiger partial charge < -0.3 is 15.0 Å². The maximum absolute atomic E-state index is 12.7. The Morgan fingerprint density at radius 1 is 1.17 bits per heavy atom. The lowest BCUT2D eigenvalue weighted by Gasteiger charge is -2.38. The lowest BCUT2D eigenvalue weighted by molar-refractivity contribution is -0.143. The summed E-state index contributed by atoms with van der Waals surface area (Å²) < 4.78 is 38.2. The van der Waals surface area contributed by atoms with Crippen molar-refractivity contribution in [2.75, 3.05) is 31.1 Å². The van der Waals surface area contributed by atoms with E-state index in [1.807, 2.05) is 9.80 Å². The third-order valence-corrected chi connectivity index (χ3v) is 5.52. The number of benzene rings is 1. The summed E-state index contributed by atoms with van der Waals surface area (Å²) in [6.07, 6.45) is -1.93. The minimum Gasteiger partial charge on any atom is -0.480 e. The normalized spacial score (nSPS) is 16.7. The molecule has 1 aliphatic heterocycles. The summed E-state index contributed by atoms with van der Waals surface area (Å²) >= 11 is 6.01. The van der Waals surface area contributed by atoms with E-state index in [2.05, 4.69) is 9.97 Å². The standard InChI is InChI=1S/C20H18ClF3N4O2/c21-13-2-3-14-15(11-25-16(14)9-13)18(19(29)30)28-7-5-27(6-8-28)17-4-1-12(10-26-17)20(22,23)24/h1-4,9-11,18,25H,5-8H2,(H,29,30). The summed E-state index contributed by atoms with van der Waals surface area (Å²) in [5, 5.41) is 11.2. The number of carboxylic acids is 1. The van der Waals surface area contributed by atoms with Crippen LogP contribution in [0, 0.1) is 0 Å². The number of aromatic nitrogens is 2. The molecule has 0 aliphatic carbocycles. The summed E-state index contributed by atoms with van der Waals surface area (Å²) in [7, 11) is 0. The highest BCUT2D eigenvalue weighted by atomic mass is 35.5. The second-order valence-electron chi connectivity index (χ2n) is 7.10. The number of anilines is 1. The van der Waals surface area contributed by atoms with Crippen LogP contribution in [0.2, 0.25) is 5.02 Å².